The Morgan fingerprint density at radius 2 is 1.84 bits per heavy atom. The second kappa shape index (κ2) is 9.35. The zero-order chi connectivity index (χ0) is 22.7. The minimum atomic E-state index is -0.621. The molecule has 2 aromatic carbocycles. The van der Waals surface area contributed by atoms with Gasteiger partial charge in [0.2, 0.25) is 0 Å². The third-order valence-electron chi connectivity index (χ3n) is 4.62. The lowest BCUT2D eigenvalue weighted by molar-refractivity contribution is 0.102. The number of nitrogens with zero attached hydrogens (tertiary/aromatic N) is 2. The van der Waals surface area contributed by atoms with E-state index < -0.39 is 11.7 Å². The van der Waals surface area contributed by atoms with Crippen LogP contribution in [0.5, 0.6) is 23.0 Å². The monoisotopic (exact) mass is 545 g/mol. The van der Waals surface area contributed by atoms with Gasteiger partial charge >= 0.3 is 0 Å². The van der Waals surface area contributed by atoms with Crippen LogP contribution in [-0.4, -0.2) is 30.1 Å². The Kier molecular flexibility index (Phi) is 6.35. The molecule has 0 radical (unpaired) electrons. The molecule has 2 heterocycles. The normalized spacial score (nSPS) is 10.6. The first-order valence-corrected chi connectivity index (χ1v) is 10.5. The van der Waals surface area contributed by atoms with Crippen molar-refractivity contribution in [1.82, 2.24) is 9.97 Å². The van der Waals surface area contributed by atoms with Crippen molar-refractivity contribution in [3.63, 3.8) is 0 Å². The smallest absolute Gasteiger partial charge is 0.261 e. The van der Waals surface area contributed by atoms with E-state index in [4.69, 9.17) is 14.2 Å². The number of fused-ring (bicyclic) bond motifs is 1. The molecule has 2 aromatic heterocycles. The summed E-state index contributed by atoms with van der Waals surface area (Å²) in [5.41, 5.74) is 1.18. The minimum Gasteiger partial charge on any atom is -0.497 e. The molecule has 7 nitrogen and oxygen atoms in total. The predicted molar refractivity (Wildman–Crippen MR) is 126 cm³/mol. The van der Waals surface area contributed by atoms with E-state index in [2.05, 4.69) is 15.3 Å². The molecule has 0 aliphatic rings. The molecule has 0 spiro atoms. The number of pyridine rings is 2. The molecule has 0 unspecified atom stereocenters. The first-order chi connectivity index (χ1) is 15.5. The van der Waals surface area contributed by atoms with Gasteiger partial charge in [-0.2, -0.15) is 0 Å². The van der Waals surface area contributed by atoms with Gasteiger partial charge in [0.05, 0.1) is 28.9 Å². The number of halogens is 2. The van der Waals surface area contributed by atoms with Crippen molar-refractivity contribution in [2.24, 2.45) is 0 Å². The lowest BCUT2D eigenvalue weighted by Crippen LogP contribution is -2.14. The van der Waals surface area contributed by atoms with Crippen molar-refractivity contribution >= 4 is 45.1 Å². The van der Waals surface area contributed by atoms with Crippen LogP contribution in [0, 0.1) is 9.39 Å². The highest BCUT2D eigenvalue weighted by molar-refractivity contribution is 14.1. The number of hydrogen-bond donors (Lipinski definition) is 1. The van der Waals surface area contributed by atoms with Crippen LogP contribution in [0.1, 0.15) is 10.4 Å². The highest BCUT2D eigenvalue weighted by Crippen LogP contribution is 2.36. The number of rotatable bonds is 6. The Balaban J connectivity index is 1.61. The Morgan fingerprint density at radius 1 is 1.03 bits per heavy atom. The van der Waals surface area contributed by atoms with Crippen LogP contribution >= 0.6 is 22.6 Å². The molecular weight excluding hydrogens is 528 g/mol. The molecule has 0 aliphatic heterocycles. The van der Waals surface area contributed by atoms with Crippen LogP contribution in [0.4, 0.5) is 10.1 Å². The number of methoxy groups -OCH3 is 2. The maximum atomic E-state index is 15.0. The second-order valence-electron chi connectivity index (χ2n) is 6.59. The topological polar surface area (TPSA) is 82.6 Å². The largest absolute Gasteiger partial charge is 0.497 e. The number of anilines is 1. The van der Waals surface area contributed by atoms with Crippen LogP contribution in [-0.2, 0) is 0 Å². The summed E-state index contributed by atoms with van der Waals surface area (Å²) in [4.78, 5) is 20.8. The summed E-state index contributed by atoms with van der Waals surface area (Å²) in [5.74, 6) is 0.441. The maximum Gasteiger partial charge on any atom is 0.261 e. The first-order valence-electron chi connectivity index (χ1n) is 9.39. The fourth-order valence-electron chi connectivity index (χ4n) is 3.09. The van der Waals surface area contributed by atoms with Crippen molar-refractivity contribution in [2.75, 3.05) is 19.5 Å². The van der Waals surface area contributed by atoms with Gasteiger partial charge in [0.15, 0.2) is 11.6 Å². The SMILES string of the molecule is COc1ccc2c(Oc3c(F)cc(NC(=O)c4cnccc4OC)cc3I)ccnc2c1. The molecule has 1 amide bonds. The van der Waals surface area contributed by atoms with Crippen LogP contribution in [0.25, 0.3) is 10.9 Å². The van der Waals surface area contributed by atoms with E-state index in [1.807, 2.05) is 22.6 Å². The van der Waals surface area contributed by atoms with E-state index in [0.29, 0.717) is 31.7 Å². The molecule has 0 atom stereocenters. The van der Waals surface area contributed by atoms with Crippen LogP contribution in [0.15, 0.2) is 61.1 Å². The lowest BCUT2D eigenvalue weighted by Gasteiger charge is -2.14. The van der Waals surface area contributed by atoms with E-state index in [-0.39, 0.29) is 17.0 Å². The fraction of sp³-hybridized carbons (Fsp3) is 0.0870. The molecule has 0 saturated heterocycles. The summed E-state index contributed by atoms with van der Waals surface area (Å²) in [6, 6.07) is 11.4. The molecule has 1 N–H and O–H groups in total. The zero-order valence-electron chi connectivity index (χ0n) is 17.1. The molecule has 0 fully saturated rings. The highest BCUT2D eigenvalue weighted by atomic mass is 127. The minimum absolute atomic E-state index is 0.0471. The number of benzene rings is 2. The summed E-state index contributed by atoms with van der Waals surface area (Å²) in [6.07, 6.45) is 4.48. The summed E-state index contributed by atoms with van der Waals surface area (Å²) < 4.78 is 31.7. The average Bonchev–Trinajstić information content (AvgIpc) is 2.81. The van der Waals surface area contributed by atoms with Crippen molar-refractivity contribution < 1.29 is 23.4 Å². The van der Waals surface area contributed by atoms with Crippen LogP contribution in [0.2, 0.25) is 0 Å². The third kappa shape index (κ3) is 4.42. The molecule has 9 heteroatoms. The molecule has 4 rings (SSSR count). The van der Waals surface area contributed by atoms with Crippen molar-refractivity contribution in [3.8, 4) is 23.0 Å². The number of amides is 1. The van der Waals surface area contributed by atoms with Gasteiger partial charge < -0.3 is 19.5 Å². The quantitative estimate of drug-likeness (QED) is 0.326. The van der Waals surface area contributed by atoms with Gasteiger partial charge in [0.1, 0.15) is 17.2 Å². The van der Waals surface area contributed by atoms with Gasteiger partial charge in [-0.15, -0.1) is 0 Å². The van der Waals surface area contributed by atoms with Gasteiger partial charge in [-0.25, -0.2) is 4.39 Å². The molecule has 4 aromatic rings. The summed E-state index contributed by atoms with van der Waals surface area (Å²) in [6.45, 7) is 0. The van der Waals surface area contributed by atoms with Gasteiger partial charge in [0.25, 0.3) is 5.91 Å². The predicted octanol–water partition coefficient (Wildman–Crippen LogP) is 5.44. The molecular formula is C23H17FIN3O4. The number of carbonyl (C=O) groups is 1. The Morgan fingerprint density at radius 3 is 2.59 bits per heavy atom. The second-order valence-corrected chi connectivity index (χ2v) is 7.76. The highest BCUT2D eigenvalue weighted by Gasteiger charge is 2.17. The molecule has 0 saturated carbocycles. The fourth-order valence-corrected chi connectivity index (χ4v) is 3.79. The Labute approximate surface area is 196 Å². The summed E-state index contributed by atoms with van der Waals surface area (Å²) >= 11 is 1.96. The van der Waals surface area contributed by atoms with Gasteiger partial charge in [-0.3, -0.25) is 14.8 Å². The zero-order valence-corrected chi connectivity index (χ0v) is 19.2. The maximum absolute atomic E-state index is 15.0. The first kappa shape index (κ1) is 21.8. The van der Waals surface area contributed by atoms with Crippen molar-refractivity contribution in [1.29, 1.82) is 0 Å². The summed E-state index contributed by atoms with van der Waals surface area (Å²) in [5, 5.41) is 3.38. The van der Waals surface area contributed by atoms with Crippen LogP contribution in [0.3, 0.4) is 0 Å². The summed E-state index contributed by atoms with van der Waals surface area (Å²) in [7, 11) is 3.03. The van der Waals surface area contributed by atoms with E-state index in [9.17, 15) is 9.18 Å². The van der Waals surface area contributed by atoms with Gasteiger partial charge in [-0.05, 0) is 52.9 Å². The van der Waals surface area contributed by atoms with Crippen molar-refractivity contribution in [2.45, 2.75) is 0 Å². The van der Waals surface area contributed by atoms with E-state index >= 15 is 0 Å². The standard InChI is InChI=1S/C23H17FIN3O4/c1-30-14-3-4-15-19(11-14)27-8-6-21(15)32-22-17(24)9-13(10-18(22)25)28-23(29)16-12-26-7-5-20(16)31-2/h3-12H,1-2H3,(H,28,29). The van der Waals surface area contributed by atoms with Gasteiger partial charge in [-0.1, -0.05) is 0 Å². The average molecular weight is 545 g/mol. The molecule has 162 valence electrons. The third-order valence-corrected chi connectivity index (χ3v) is 5.42. The van der Waals surface area contributed by atoms with E-state index in [0.717, 1.165) is 0 Å². The molecule has 32 heavy (non-hydrogen) atoms. The number of hydrogen-bond acceptors (Lipinski definition) is 6. The number of aromatic nitrogens is 2. The molecule has 0 bridgehead atoms. The Hall–Kier alpha value is -3.47. The number of ether oxygens (including phenoxy) is 3. The number of carbonyl (C=O) groups excluding carboxylic acids is 1. The van der Waals surface area contributed by atoms with E-state index in [1.54, 1.807) is 49.7 Å². The van der Waals surface area contributed by atoms with Crippen LogP contribution < -0.4 is 19.5 Å². The lowest BCUT2D eigenvalue weighted by atomic mass is 10.2. The number of nitrogens with one attached hydrogen (secondary N) is 1. The van der Waals surface area contributed by atoms with Crippen molar-refractivity contribution in [3.05, 3.63) is 76.0 Å². The van der Waals surface area contributed by atoms with E-state index in [1.165, 1.54) is 25.6 Å². The molecule has 0 aliphatic carbocycles. The Bertz CT molecular complexity index is 1290. The van der Waals surface area contributed by atoms with Gasteiger partial charge in [0, 0.05) is 41.8 Å².